The third-order valence-corrected chi connectivity index (χ3v) is 2.86. The van der Waals surface area contributed by atoms with Gasteiger partial charge >= 0.3 is 0 Å². The Morgan fingerprint density at radius 3 is 2.50 bits per heavy atom. The molecule has 0 spiro atoms. The van der Waals surface area contributed by atoms with Crippen molar-refractivity contribution < 1.29 is 5.11 Å². The number of halogens is 2. The van der Waals surface area contributed by atoms with Crippen LogP contribution in [0.1, 0.15) is 11.7 Å². The molecule has 0 aliphatic heterocycles. The van der Waals surface area contributed by atoms with Crippen LogP contribution in [-0.2, 0) is 0 Å². The maximum absolute atomic E-state index is 9.94. The van der Waals surface area contributed by atoms with E-state index in [0.717, 1.165) is 15.9 Å². The van der Waals surface area contributed by atoms with Crippen molar-refractivity contribution >= 4 is 34.2 Å². The van der Waals surface area contributed by atoms with E-state index in [1.54, 1.807) is 6.20 Å². The van der Waals surface area contributed by atoms with Gasteiger partial charge in [0.2, 0.25) is 0 Å². The number of aliphatic hydroxyl groups is 1. The van der Waals surface area contributed by atoms with E-state index >= 15 is 0 Å². The monoisotopic (exact) mass is 328 g/mol. The van der Waals surface area contributed by atoms with Crippen molar-refractivity contribution in [2.45, 2.75) is 6.10 Å². The number of pyridine rings is 1. The van der Waals surface area contributed by atoms with Gasteiger partial charge in [-0.2, -0.15) is 0 Å². The number of hydrogen-bond acceptors (Lipinski definition) is 3. The summed E-state index contributed by atoms with van der Waals surface area (Å²) in [6.45, 7) is 0.443. The van der Waals surface area contributed by atoms with Crippen LogP contribution in [0.3, 0.4) is 0 Å². The lowest BCUT2D eigenvalue weighted by molar-refractivity contribution is 0.191. The molecule has 0 radical (unpaired) electrons. The quantitative estimate of drug-likeness (QED) is 0.903. The summed E-state index contributed by atoms with van der Waals surface area (Å²) < 4.78 is 0.937. The summed E-state index contributed by atoms with van der Waals surface area (Å²) in [6.07, 6.45) is 1.19. The lowest BCUT2D eigenvalue weighted by Gasteiger charge is -2.12. The van der Waals surface area contributed by atoms with Gasteiger partial charge in [0.15, 0.2) is 0 Å². The summed E-state index contributed by atoms with van der Waals surface area (Å²) in [4.78, 5) is 4.17. The number of hydrogen-bond donors (Lipinski definition) is 2. The minimum absolute atomic E-state index is 0. The molecular formula is C13H14BrClN2O. The molecule has 96 valence electrons. The van der Waals surface area contributed by atoms with E-state index in [-0.39, 0.29) is 12.4 Å². The van der Waals surface area contributed by atoms with Crippen molar-refractivity contribution in [3.05, 3.63) is 58.7 Å². The molecule has 5 heteroatoms. The van der Waals surface area contributed by atoms with Crippen LogP contribution in [0.4, 0.5) is 5.82 Å². The number of aliphatic hydroxyl groups excluding tert-OH is 1. The standard InChI is InChI=1S/C13H13BrN2O.ClH/c14-11-6-7-13(15-8-11)16-9-12(17)10-4-2-1-3-5-10;/h1-8,12,17H,9H2,(H,15,16);1H. The van der Waals surface area contributed by atoms with Crippen LogP contribution >= 0.6 is 28.3 Å². The number of rotatable bonds is 4. The summed E-state index contributed by atoms with van der Waals surface area (Å²) in [5.74, 6) is 0.753. The third kappa shape index (κ3) is 4.29. The van der Waals surface area contributed by atoms with Crippen LogP contribution in [0.2, 0.25) is 0 Å². The van der Waals surface area contributed by atoms with E-state index in [9.17, 15) is 5.11 Å². The predicted octanol–water partition coefficient (Wildman–Crippen LogP) is 3.41. The Morgan fingerprint density at radius 1 is 1.17 bits per heavy atom. The second-order valence-corrected chi connectivity index (χ2v) is 4.58. The van der Waals surface area contributed by atoms with Crippen molar-refractivity contribution in [2.75, 3.05) is 11.9 Å². The predicted molar refractivity (Wildman–Crippen MR) is 79.1 cm³/mol. The molecule has 0 aliphatic carbocycles. The van der Waals surface area contributed by atoms with E-state index in [4.69, 9.17) is 0 Å². The van der Waals surface area contributed by atoms with Gasteiger partial charge in [-0.3, -0.25) is 0 Å². The van der Waals surface area contributed by atoms with Gasteiger partial charge in [-0.1, -0.05) is 30.3 Å². The van der Waals surface area contributed by atoms with Crippen molar-refractivity contribution in [3.63, 3.8) is 0 Å². The van der Waals surface area contributed by atoms with Gasteiger partial charge in [-0.05, 0) is 33.6 Å². The summed E-state index contributed by atoms with van der Waals surface area (Å²) in [5, 5.41) is 13.0. The molecular weight excluding hydrogens is 316 g/mol. The van der Waals surface area contributed by atoms with Crippen molar-refractivity contribution in [1.29, 1.82) is 0 Å². The van der Waals surface area contributed by atoms with Crippen molar-refractivity contribution in [1.82, 2.24) is 4.98 Å². The lowest BCUT2D eigenvalue weighted by atomic mass is 10.1. The summed E-state index contributed by atoms with van der Waals surface area (Å²) in [6, 6.07) is 13.3. The molecule has 2 rings (SSSR count). The highest BCUT2D eigenvalue weighted by molar-refractivity contribution is 9.10. The highest BCUT2D eigenvalue weighted by Crippen LogP contribution is 2.14. The molecule has 1 atom stereocenters. The largest absolute Gasteiger partial charge is 0.387 e. The maximum atomic E-state index is 9.94. The highest BCUT2D eigenvalue weighted by Gasteiger charge is 2.06. The first-order valence-corrected chi connectivity index (χ1v) is 6.13. The zero-order valence-electron chi connectivity index (χ0n) is 9.58. The van der Waals surface area contributed by atoms with Gasteiger partial charge in [-0.25, -0.2) is 4.98 Å². The van der Waals surface area contributed by atoms with Crippen molar-refractivity contribution in [3.8, 4) is 0 Å². The summed E-state index contributed by atoms with van der Waals surface area (Å²) >= 11 is 3.32. The molecule has 18 heavy (non-hydrogen) atoms. The Bertz CT molecular complexity index is 464. The molecule has 0 bridgehead atoms. The molecule has 0 aliphatic rings. The Hall–Kier alpha value is -1.10. The summed E-state index contributed by atoms with van der Waals surface area (Å²) in [5.41, 5.74) is 0.900. The van der Waals surface area contributed by atoms with Gasteiger partial charge in [0.25, 0.3) is 0 Å². The number of nitrogens with one attached hydrogen (secondary N) is 1. The fourth-order valence-corrected chi connectivity index (χ4v) is 1.71. The first-order chi connectivity index (χ1) is 8.25. The van der Waals surface area contributed by atoms with Crippen LogP contribution in [-0.4, -0.2) is 16.6 Å². The molecule has 1 unspecified atom stereocenters. The number of benzene rings is 1. The topological polar surface area (TPSA) is 45.1 Å². The molecule has 0 saturated carbocycles. The van der Waals surface area contributed by atoms with Crippen LogP contribution in [0.15, 0.2) is 53.1 Å². The van der Waals surface area contributed by atoms with E-state index in [2.05, 4.69) is 26.2 Å². The molecule has 0 fully saturated rings. The van der Waals surface area contributed by atoms with Crippen LogP contribution in [0.5, 0.6) is 0 Å². The number of nitrogens with zero attached hydrogens (tertiary/aromatic N) is 1. The average molecular weight is 330 g/mol. The molecule has 1 aromatic carbocycles. The van der Waals surface area contributed by atoms with Gasteiger partial charge in [-0.15, -0.1) is 12.4 Å². The zero-order valence-corrected chi connectivity index (χ0v) is 12.0. The average Bonchev–Trinajstić information content (AvgIpc) is 2.39. The van der Waals surface area contributed by atoms with Gasteiger partial charge in [0.05, 0.1) is 6.10 Å². The fraction of sp³-hybridized carbons (Fsp3) is 0.154. The smallest absolute Gasteiger partial charge is 0.126 e. The lowest BCUT2D eigenvalue weighted by Crippen LogP contribution is -2.12. The third-order valence-electron chi connectivity index (χ3n) is 2.39. The Kier molecular flexibility index (Phi) is 6.12. The Balaban J connectivity index is 0.00000162. The SMILES string of the molecule is Cl.OC(CNc1ccc(Br)cn1)c1ccccc1. The van der Waals surface area contributed by atoms with Crippen LogP contribution in [0, 0.1) is 0 Å². The van der Waals surface area contributed by atoms with Crippen LogP contribution in [0.25, 0.3) is 0 Å². The number of aromatic nitrogens is 1. The van der Waals surface area contributed by atoms with Gasteiger partial charge < -0.3 is 10.4 Å². The fourth-order valence-electron chi connectivity index (χ4n) is 1.47. The first kappa shape index (κ1) is 15.0. The molecule has 1 aromatic heterocycles. The first-order valence-electron chi connectivity index (χ1n) is 5.34. The van der Waals surface area contributed by atoms with E-state index in [1.165, 1.54) is 0 Å². The summed E-state index contributed by atoms with van der Waals surface area (Å²) in [7, 11) is 0. The Labute approximate surface area is 121 Å². The van der Waals surface area contributed by atoms with E-state index < -0.39 is 6.10 Å². The second kappa shape index (κ2) is 7.36. The zero-order chi connectivity index (χ0) is 12.1. The van der Waals surface area contributed by atoms with Crippen molar-refractivity contribution in [2.24, 2.45) is 0 Å². The molecule has 2 aromatic rings. The van der Waals surface area contributed by atoms with Crippen LogP contribution < -0.4 is 5.32 Å². The normalized spacial score (nSPS) is 11.4. The molecule has 0 saturated heterocycles. The van der Waals surface area contributed by atoms with E-state index in [1.807, 2.05) is 42.5 Å². The molecule has 2 N–H and O–H groups in total. The van der Waals surface area contributed by atoms with E-state index in [0.29, 0.717) is 6.54 Å². The maximum Gasteiger partial charge on any atom is 0.126 e. The minimum atomic E-state index is -0.526. The van der Waals surface area contributed by atoms with Gasteiger partial charge in [0, 0.05) is 17.2 Å². The number of anilines is 1. The second-order valence-electron chi connectivity index (χ2n) is 3.67. The molecule has 3 nitrogen and oxygen atoms in total. The molecule has 0 amide bonds. The highest BCUT2D eigenvalue weighted by atomic mass is 79.9. The minimum Gasteiger partial charge on any atom is -0.387 e. The Morgan fingerprint density at radius 2 is 1.89 bits per heavy atom. The molecule has 1 heterocycles. The van der Waals surface area contributed by atoms with Gasteiger partial charge in [0.1, 0.15) is 5.82 Å².